The van der Waals surface area contributed by atoms with Crippen molar-refractivity contribution < 1.29 is 9.59 Å². The van der Waals surface area contributed by atoms with Gasteiger partial charge in [-0.15, -0.1) is 11.3 Å². The molecule has 3 heterocycles. The molecule has 1 saturated heterocycles. The van der Waals surface area contributed by atoms with Gasteiger partial charge in [0, 0.05) is 30.4 Å². The summed E-state index contributed by atoms with van der Waals surface area (Å²) in [6.07, 6.45) is 7.94. The Hall–Kier alpha value is -1.97. The number of carbonyl (C=O) groups is 2. The summed E-state index contributed by atoms with van der Waals surface area (Å²) in [4.78, 5) is 31.9. The SMILES string of the molecule is CC(C(=O)NCCCn1ccnc1)N1C(=O)C(=Cc2cccs2)SC1=S. The molecular formula is C17H18N4O2S3. The van der Waals surface area contributed by atoms with Crippen LogP contribution in [0.5, 0.6) is 0 Å². The van der Waals surface area contributed by atoms with Gasteiger partial charge in [0.05, 0.1) is 11.2 Å². The van der Waals surface area contributed by atoms with Crippen LogP contribution >= 0.6 is 35.3 Å². The van der Waals surface area contributed by atoms with Crippen LogP contribution in [-0.2, 0) is 16.1 Å². The lowest BCUT2D eigenvalue weighted by Crippen LogP contribution is -2.47. The fraction of sp³-hybridized carbons (Fsp3) is 0.294. The van der Waals surface area contributed by atoms with Crippen molar-refractivity contribution in [2.75, 3.05) is 6.54 Å². The van der Waals surface area contributed by atoms with Gasteiger partial charge in [-0.3, -0.25) is 14.5 Å². The third-order valence-electron chi connectivity index (χ3n) is 3.86. The molecule has 9 heteroatoms. The molecule has 26 heavy (non-hydrogen) atoms. The molecule has 2 amide bonds. The van der Waals surface area contributed by atoms with Gasteiger partial charge in [0.1, 0.15) is 10.4 Å². The number of aryl methyl sites for hydroxylation is 1. The number of amides is 2. The number of nitrogens with one attached hydrogen (secondary N) is 1. The van der Waals surface area contributed by atoms with Gasteiger partial charge in [-0.2, -0.15) is 0 Å². The van der Waals surface area contributed by atoms with E-state index in [9.17, 15) is 9.59 Å². The van der Waals surface area contributed by atoms with E-state index in [2.05, 4.69) is 10.3 Å². The second kappa shape index (κ2) is 8.61. The molecule has 0 aromatic carbocycles. The molecule has 0 aliphatic carbocycles. The predicted molar refractivity (Wildman–Crippen MR) is 109 cm³/mol. The highest BCUT2D eigenvalue weighted by Crippen LogP contribution is 2.34. The lowest BCUT2D eigenvalue weighted by molar-refractivity contribution is -0.132. The van der Waals surface area contributed by atoms with Crippen LogP contribution in [0.1, 0.15) is 18.2 Å². The first-order chi connectivity index (χ1) is 12.6. The van der Waals surface area contributed by atoms with Crippen LogP contribution in [0.4, 0.5) is 0 Å². The fourth-order valence-electron chi connectivity index (χ4n) is 2.47. The van der Waals surface area contributed by atoms with Gasteiger partial charge in [0.15, 0.2) is 0 Å². The van der Waals surface area contributed by atoms with Crippen molar-refractivity contribution >= 4 is 57.5 Å². The normalized spacial score (nSPS) is 17.1. The summed E-state index contributed by atoms with van der Waals surface area (Å²) in [6.45, 7) is 3.00. The number of carbonyl (C=O) groups excluding carboxylic acids is 2. The summed E-state index contributed by atoms with van der Waals surface area (Å²) in [5.41, 5.74) is 0. The number of imidazole rings is 1. The van der Waals surface area contributed by atoms with E-state index in [1.54, 1.807) is 30.8 Å². The maximum atomic E-state index is 12.6. The minimum atomic E-state index is -0.634. The van der Waals surface area contributed by atoms with Crippen molar-refractivity contribution in [2.45, 2.75) is 25.9 Å². The Labute approximate surface area is 165 Å². The summed E-state index contributed by atoms with van der Waals surface area (Å²) in [5, 5.41) is 4.82. The fourth-order valence-corrected chi connectivity index (χ4v) is 4.61. The van der Waals surface area contributed by atoms with Gasteiger partial charge >= 0.3 is 0 Å². The highest BCUT2D eigenvalue weighted by molar-refractivity contribution is 8.26. The van der Waals surface area contributed by atoms with E-state index in [-0.39, 0.29) is 11.8 Å². The Bertz CT molecular complexity index is 815. The van der Waals surface area contributed by atoms with Crippen molar-refractivity contribution in [2.24, 2.45) is 0 Å². The van der Waals surface area contributed by atoms with Crippen LogP contribution in [0.15, 0.2) is 41.1 Å². The quantitative estimate of drug-likeness (QED) is 0.435. The van der Waals surface area contributed by atoms with Crippen molar-refractivity contribution in [3.8, 4) is 0 Å². The molecule has 0 bridgehead atoms. The lowest BCUT2D eigenvalue weighted by Gasteiger charge is -2.22. The number of hydrogen-bond donors (Lipinski definition) is 1. The number of nitrogens with zero attached hydrogens (tertiary/aromatic N) is 3. The summed E-state index contributed by atoms with van der Waals surface area (Å²) in [6, 6.07) is 3.23. The molecule has 0 spiro atoms. The molecule has 2 aromatic heterocycles. The van der Waals surface area contributed by atoms with E-state index in [0.717, 1.165) is 17.8 Å². The smallest absolute Gasteiger partial charge is 0.266 e. The molecule has 136 valence electrons. The molecule has 2 aromatic rings. The van der Waals surface area contributed by atoms with Crippen molar-refractivity contribution in [3.05, 3.63) is 46.0 Å². The van der Waals surface area contributed by atoms with Crippen LogP contribution in [0.3, 0.4) is 0 Å². The Morgan fingerprint density at radius 2 is 2.35 bits per heavy atom. The zero-order chi connectivity index (χ0) is 18.5. The third-order valence-corrected chi connectivity index (χ3v) is 6.01. The van der Waals surface area contributed by atoms with E-state index in [0.29, 0.717) is 15.8 Å². The van der Waals surface area contributed by atoms with Gasteiger partial charge < -0.3 is 9.88 Å². The first kappa shape index (κ1) is 18.8. The number of thioether (sulfide) groups is 1. The van der Waals surface area contributed by atoms with Gasteiger partial charge in [0.2, 0.25) is 5.91 Å². The molecule has 1 atom stereocenters. The standard InChI is InChI=1S/C17H18N4O2S3/c1-12(15(22)19-5-3-7-20-8-6-18-11-20)21-16(23)14(26-17(21)24)10-13-4-2-9-25-13/h2,4,6,8-12H,3,5,7H2,1H3,(H,19,22). The summed E-state index contributed by atoms with van der Waals surface area (Å²) in [7, 11) is 0. The lowest BCUT2D eigenvalue weighted by atomic mass is 10.2. The summed E-state index contributed by atoms with van der Waals surface area (Å²) >= 11 is 8.11. The Morgan fingerprint density at radius 3 is 3.04 bits per heavy atom. The topological polar surface area (TPSA) is 67.2 Å². The number of thiocarbonyl (C=S) groups is 1. The highest BCUT2D eigenvalue weighted by atomic mass is 32.2. The maximum absolute atomic E-state index is 12.6. The summed E-state index contributed by atoms with van der Waals surface area (Å²) in [5.74, 6) is -0.418. The van der Waals surface area contributed by atoms with Crippen molar-refractivity contribution in [1.29, 1.82) is 0 Å². The second-order valence-corrected chi connectivity index (χ2v) is 8.34. The molecule has 0 saturated carbocycles. The van der Waals surface area contributed by atoms with E-state index >= 15 is 0 Å². The maximum Gasteiger partial charge on any atom is 0.266 e. The van der Waals surface area contributed by atoms with Gasteiger partial charge in [-0.25, -0.2) is 4.98 Å². The first-order valence-electron chi connectivity index (χ1n) is 8.10. The van der Waals surface area contributed by atoms with E-state index in [1.165, 1.54) is 16.7 Å². The van der Waals surface area contributed by atoms with E-state index in [1.807, 2.05) is 34.4 Å². The number of hydrogen-bond acceptors (Lipinski definition) is 6. The van der Waals surface area contributed by atoms with Crippen molar-refractivity contribution in [3.63, 3.8) is 0 Å². The van der Waals surface area contributed by atoms with Crippen LogP contribution in [-0.4, -0.2) is 43.2 Å². The predicted octanol–water partition coefficient (Wildman–Crippen LogP) is 2.74. The van der Waals surface area contributed by atoms with Crippen LogP contribution in [0, 0.1) is 0 Å². The number of thiophene rings is 1. The van der Waals surface area contributed by atoms with Gasteiger partial charge in [-0.1, -0.05) is 30.0 Å². The molecule has 1 N–H and O–H groups in total. The minimum absolute atomic E-state index is 0.204. The molecule has 1 fully saturated rings. The monoisotopic (exact) mass is 406 g/mol. The second-order valence-electron chi connectivity index (χ2n) is 5.69. The first-order valence-corrected chi connectivity index (χ1v) is 10.2. The molecular weight excluding hydrogens is 388 g/mol. The average Bonchev–Trinajstić information content (AvgIpc) is 3.35. The summed E-state index contributed by atoms with van der Waals surface area (Å²) < 4.78 is 2.37. The minimum Gasteiger partial charge on any atom is -0.354 e. The zero-order valence-corrected chi connectivity index (χ0v) is 16.6. The van der Waals surface area contributed by atoms with Gasteiger partial charge in [0.25, 0.3) is 5.91 Å². The van der Waals surface area contributed by atoms with Gasteiger partial charge in [-0.05, 0) is 30.9 Å². The Morgan fingerprint density at radius 1 is 1.50 bits per heavy atom. The highest BCUT2D eigenvalue weighted by Gasteiger charge is 2.38. The molecule has 1 aliphatic heterocycles. The molecule has 3 rings (SSSR count). The largest absolute Gasteiger partial charge is 0.354 e. The number of rotatable bonds is 7. The molecule has 1 aliphatic rings. The van der Waals surface area contributed by atoms with E-state index in [4.69, 9.17) is 12.2 Å². The van der Waals surface area contributed by atoms with Crippen LogP contribution in [0.2, 0.25) is 0 Å². The Balaban J connectivity index is 1.54. The third kappa shape index (κ3) is 4.40. The number of aromatic nitrogens is 2. The molecule has 0 radical (unpaired) electrons. The van der Waals surface area contributed by atoms with Crippen molar-refractivity contribution in [1.82, 2.24) is 19.8 Å². The van der Waals surface area contributed by atoms with E-state index < -0.39 is 6.04 Å². The van der Waals surface area contributed by atoms with Crippen LogP contribution < -0.4 is 5.32 Å². The van der Waals surface area contributed by atoms with Crippen LogP contribution in [0.25, 0.3) is 6.08 Å². The molecule has 1 unspecified atom stereocenters. The Kier molecular flexibility index (Phi) is 6.23. The average molecular weight is 407 g/mol. The zero-order valence-electron chi connectivity index (χ0n) is 14.1. The molecule has 6 nitrogen and oxygen atoms in total.